The number of nitrogen functional groups attached to an aromatic ring is 1. The maximum atomic E-state index is 13.9. The van der Waals surface area contributed by atoms with Gasteiger partial charge in [0.25, 0.3) is 0 Å². The summed E-state index contributed by atoms with van der Waals surface area (Å²) in [6, 6.07) is 12.7. The fourth-order valence-electron chi connectivity index (χ4n) is 2.91. The van der Waals surface area contributed by atoms with Gasteiger partial charge < -0.3 is 20.2 Å². The summed E-state index contributed by atoms with van der Waals surface area (Å²) >= 11 is 0. The molecular formula is C22H18F2N6O3. The molecule has 0 radical (unpaired) electrons. The predicted molar refractivity (Wildman–Crippen MR) is 114 cm³/mol. The Morgan fingerprint density at radius 1 is 1.03 bits per heavy atom. The summed E-state index contributed by atoms with van der Waals surface area (Å²) in [7, 11) is 0. The van der Waals surface area contributed by atoms with E-state index in [0.29, 0.717) is 0 Å². The zero-order valence-corrected chi connectivity index (χ0v) is 17.2. The van der Waals surface area contributed by atoms with E-state index in [-0.39, 0.29) is 54.4 Å². The Labute approximate surface area is 186 Å². The second-order valence-electron chi connectivity index (χ2n) is 6.80. The van der Waals surface area contributed by atoms with Crippen molar-refractivity contribution < 1.29 is 22.7 Å². The maximum absolute atomic E-state index is 13.9. The van der Waals surface area contributed by atoms with E-state index in [1.54, 1.807) is 0 Å². The van der Waals surface area contributed by atoms with Crippen LogP contribution in [0, 0.1) is 11.6 Å². The number of anilines is 3. The number of nitrogens with zero attached hydrogens (tertiary/aromatic N) is 4. The summed E-state index contributed by atoms with van der Waals surface area (Å²) in [6.45, 7) is -0.216. The second kappa shape index (κ2) is 9.81. The monoisotopic (exact) mass is 452 g/mol. The average Bonchev–Trinajstić information content (AvgIpc) is 3.25. The highest BCUT2D eigenvalue weighted by molar-refractivity contribution is 5.69. The first-order valence-corrected chi connectivity index (χ1v) is 9.85. The standard InChI is InChI=1S/C22H18F2N6O3/c23-14-7-4-8-15(24)20(14)16-11-26-18(33-16)9-10-19(31)32-12-17-28-21(25)30-22(29-17)27-13-5-2-1-3-6-13/h1-8,11H,9-10,12H2,(H3,25,27,28,29,30). The Bertz CT molecular complexity index is 1250. The molecular weight excluding hydrogens is 434 g/mol. The van der Waals surface area contributed by atoms with Crippen LogP contribution in [0.25, 0.3) is 11.3 Å². The number of oxazole rings is 1. The molecule has 0 atom stereocenters. The van der Waals surface area contributed by atoms with Crippen LogP contribution in [0.1, 0.15) is 18.1 Å². The summed E-state index contributed by atoms with van der Waals surface area (Å²) in [5.41, 5.74) is 6.15. The molecule has 4 aromatic rings. The number of para-hydroxylation sites is 1. The normalized spacial score (nSPS) is 10.7. The lowest BCUT2D eigenvalue weighted by Gasteiger charge is -2.08. The van der Waals surface area contributed by atoms with Gasteiger partial charge in [0.1, 0.15) is 11.6 Å². The molecule has 9 nitrogen and oxygen atoms in total. The van der Waals surface area contributed by atoms with Crippen LogP contribution in [-0.2, 0) is 22.6 Å². The van der Waals surface area contributed by atoms with Crippen LogP contribution >= 0.6 is 0 Å². The van der Waals surface area contributed by atoms with Gasteiger partial charge in [-0.15, -0.1) is 0 Å². The minimum atomic E-state index is -0.769. The Morgan fingerprint density at radius 2 is 1.79 bits per heavy atom. The topological polar surface area (TPSA) is 129 Å². The molecule has 2 aromatic carbocycles. The van der Waals surface area contributed by atoms with E-state index < -0.39 is 17.6 Å². The molecule has 3 N–H and O–H groups in total. The molecule has 2 heterocycles. The van der Waals surface area contributed by atoms with Crippen molar-refractivity contribution in [2.75, 3.05) is 11.1 Å². The van der Waals surface area contributed by atoms with Crippen LogP contribution in [0.4, 0.5) is 26.4 Å². The van der Waals surface area contributed by atoms with Crippen molar-refractivity contribution in [3.63, 3.8) is 0 Å². The number of hydrogen-bond donors (Lipinski definition) is 2. The van der Waals surface area contributed by atoms with Crippen molar-refractivity contribution >= 4 is 23.6 Å². The Morgan fingerprint density at radius 3 is 2.55 bits per heavy atom. The van der Waals surface area contributed by atoms with Crippen LogP contribution in [0.2, 0.25) is 0 Å². The maximum Gasteiger partial charge on any atom is 0.306 e. The highest BCUT2D eigenvalue weighted by atomic mass is 19.1. The number of hydrogen-bond acceptors (Lipinski definition) is 9. The molecule has 0 fully saturated rings. The molecule has 0 saturated heterocycles. The fraction of sp³-hybridized carbons (Fsp3) is 0.136. The lowest BCUT2D eigenvalue weighted by Crippen LogP contribution is -2.11. The highest BCUT2D eigenvalue weighted by Crippen LogP contribution is 2.26. The van der Waals surface area contributed by atoms with Crippen LogP contribution in [-0.4, -0.2) is 25.9 Å². The number of nitrogens with two attached hydrogens (primary N) is 1. The number of aryl methyl sites for hydroxylation is 1. The molecule has 0 spiro atoms. The quantitative estimate of drug-likeness (QED) is 0.383. The zero-order chi connectivity index (χ0) is 23.2. The second-order valence-corrected chi connectivity index (χ2v) is 6.80. The fourth-order valence-corrected chi connectivity index (χ4v) is 2.91. The first-order valence-electron chi connectivity index (χ1n) is 9.85. The third kappa shape index (κ3) is 5.64. The van der Waals surface area contributed by atoms with Crippen molar-refractivity contribution in [2.24, 2.45) is 0 Å². The third-order valence-corrected chi connectivity index (χ3v) is 4.40. The van der Waals surface area contributed by atoms with Gasteiger partial charge in [-0.2, -0.15) is 15.0 Å². The molecule has 0 aliphatic carbocycles. The smallest absolute Gasteiger partial charge is 0.306 e. The molecule has 2 aromatic heterocycles. The molecule has 0 saturated carbocycles. The number of ether oxygens (including phenoxy) is 1. The molecule has 0 unspecified atom stereocenters. The van der Waals surface area contributed by atoms with Crippen molar-refractivity contribution in [1.82, 2.24) is 19.9 Å². The van der Waals surface area contributed by atoms with Crippen LogP contribution in [0.15, 0.2) is 59.1 Å². The molecule has 0 amide bonds. The van der Waals surface area contributed by atoms with Crippen LogP contribution in [0.5, 0.6) is 0 Å². The van der Waals surface area contributed by atoms with E-state index in [4.69, 9.17) is 14.9 Å². The van der Waals surface area contributed by atoms with Crippen molar-refractivity contribution in [1.29, 1.82) is 0 Å². The number of nitrogens with one attached hydrogen (secondary N) is 1. The number of aromatic nitrogens is 4. The van der Waals surface area contributed by atoms with E-state index >= 15 is 0 Å². The highest BCUT2D eigenvalue weighted by Gasteiger charge is 2.17. The van der Waals surface area contributed by atoms with Gasteiger partial charge in [0.05, 0.1) is 18.2 Å². The molecule has 0 aliphatic heterocycles. The van der Waals surface area contributed by atoms with Gasteiger partial charge in [-0.3, -0.25) is 4.79 Å². The summed E-state index contributed by atoms with van der Waals surface area (Å²) in [4.78, 5) is 28.2. The number of benzene rings is 2. The minimum Gasteiger partial charge on any atom is -0.457 e. The SMILES string of the molecule is Nc1nc(COC(=O)CCc2ncc(-c3c(F)cccc3F)o2)nc(Nc2ccccc2)n1. The van der Waals surface area contributed by atoms with E-state index in [1.165, 1.54) is 12.3 Å². The van der Waals surface area contributed by atoms with Crippen molar-refractivity contribution in [2.45, 2.75) is 19.4 Å². The van der Waals surface area contributed by atoms with E-state index in [2.05, 4.69) is 25.3 Å². The molecule has 33 heavy (non-hydrogen) atoms. The Hall–Kier alpha value is -4.41. The number of carbonyl (C=O) groups is 1. The Kier molecular flexibility index (Phi) is 6.48. The minimum absolute atomic E-state index is 0.0258. The average molecular weight is 452 g/mol. The first kappa shape index (κ1) is 21.8. The van der Waals surface area contributed by atoms with Gasteiger partial charge in [0, 0.05) is 12.1 Å². The van der Waals surface area contributed by atoms with E-state index in [1.807, 2.05) is 30.3 Å². The molecule has 0 bridgehead atoms. The van der Waals surface area contributed by atoms with Crippen LogP contribution in [0.3, 0.4) is 0 Å². The number of halogens is 2. The van der Waals surface area contributed by atoms with Gasteiger partial charge in [-0.25, -0.2) is 13.8 Å². The summed E-state index contributed by atoms with van der Waals surface area (Å²) in [5, 5.41) is 2.99. The lowest BCUT2D eigenvalue weighted by atomic mass is 10.1. The summed E-state index contributed by atoms with van der Waals surface area (Å²) in [5.74, 6) is -1.66. The molecule has 168 valence electrons. The zero-order valence-electron chi connectivity index (χ0n) is 17.2. The van der Waals surface area contributed by atoms with Gasteiger partial charge in [0.2, 0.25) is 11.9 Å². The first-order chi connectivity index (χ1) is 16.0. The number of rotatable bonds is 8. The van der Waals surface area contributed by atoms with E-state index in [9.17, 15) is 13.6 Å². The van der Waals surface area contributed by atoms with Gasteiger partial charge >= 0.3 is 5.97 Å². The summed E-state index contributed by atoms with van der Waals surface area (Å²) in [6.07, 6.45) is 1.21. The largest absolute Gasteiger partial charge is 0.457 e. The third-order valence-electron chi connectivity index (χ3n) is 4.40. The van der Waals surface area contributed by atoms with Gasteiger partial charge in [-0.05, 0) is 24.3 Å². The molecule has 0 aliphatic rings. The molecule has 4 rings (SSSR count). The van der Waals surface area contributed by atoms with Crippen molar-refractivity contribution in [3.05, 3.63) is 78.1 Å². The van der Waals surface area contributed by atoms with Crippen LogP contribution < -0.4 is 11.1 Å². The van der Waals surface area contributed by atoms with E-state index in [0.717, 1.165) is 17.8 Å². The Balaban J connectivity index is 1.32. The summed E-state index contributed by atoms with van der Waals surface area (Å²) < 4.78 is 38.3. The number of carbonyl (C=O) groups excluding carboxylic acids is 1. The van der Waals surface area contributed by atoms with Gasteiger partial charge in [0.15, 0.2) is 24.1 Å². The lowest BCUT2D eigenvalue weighted by molar-refractivity contribution is -0.145. The molecule has 11 heteroatoms. The van der Waals surface area contributed by atoms with Crippen molar-refractivity contribution in [3.8, 4) is 11.3 Å². The van der Waals surface area contributed by atoms with Gasteiger partial charge in [-0.1, -0.05) is 24.3 Å². The predicted octanol–water partition coefficient (Wildman–Crippen LogP) is 3.81. The number of esters is 1.